The van der Waals surface area contributed by atoms with E-state index in [2.05, 4.69) is 6.58 Å². The van der Waals surface area contributed by atoms with Gasteiger partial charge in [-0.1, -0.05) is 44.6 Å². The van der Waals surface area contributed by atoms with E-state index in [0.29, 0.717) is 24.2 Å². The lowest BCUT2D eigenvalue weighted by Crippen LogP contribution is -2.37. The van der Waals surface area contributed by atoms with Gasteiger partial charge < -0.3 is 18.9 Å². The molecule has 29 heavy (non-hydrogen) atoms. The van der Waals surface area contributed by atoms with Crippen LogP contribution in [0, 0.1) is 0 Å². The third-order valence-electron chi connectivity index (χ3n) is 4.52. The monoisotopic (exact) mass is 438 g/mol. The number of phosphoric acid groups is 1. The molecule has 7 nitrogen and oxygen atoms in total. The standard InChI is InChI=1S/C21H44NO6P/c1-6-7-8-9-10-11-12-13-14-15-17-26-19-21(25-5)20-28-29(23,24)27-18-16-22(2,3)4/h6,21H,1,7-20H2,2-5H3/p+1. The second-order valence-corrected chi connectivity index (χ2v) is 9.90. The number of ether oxygens (including phenoxy) is 2. The average Bonchev–Trinajstić information content (AvgIpc) is 2.63. The van der Waals surface area contributed by atoms with Crippen LogP contribution in [-0.2, 0) is 23.1 Å². The van der Waals surface area contributed by atoms with Crippen molar-refractivity contribution in [2.45, 2.75) is 63.9 Å². The van der Waals surface area contributed by atoms with Crippen LogP contribution in [0.15, 0.2) is 12.7 Å². The van der Waals surface area contributed by atoms with Crippen molar-refractivity contribution >= 4 is 7.82 Å². The van der Waals surface area contributed by atoms with Crippen LogP contribution in [0.25, 0.3) is 0 Å². The summed E-state index contributed by atoms with van der Waals surface area (Å²) in [7, 11) is 3.42. The van der Waals surface area contributed by atoms with Gasteiger partial charge >= 0.3 is 7.82 Å². The lowest BCUT2D eigenvalue weighted by molar-refractivity contribution is -0.870. The molecule has 2 unspecified atom stereocenters. The highest BCUT2D eigenvalue weighted by Crippen LogP contribution is 2.43. The Labute approximate surface area is 178 Å². The number of unbranched alkanes of at least 4 members (excludes halogenated alkanes) is 8. The summed E-state index contributed by atoms with van der Waals surface area (Å²) in [5.74, 6) is 0. The van der Waals surface area contributed by atoms with Gasteiger partial charge in [0.05, 0.1) is 34.4 Å². The second kappa shape index (κ2) is 17.4. The number of rotatable bonds is 21. The van der Waals surface area contributed by atoms with Crippen molar-refractivity contribution in [2.24, 2.45) is 0 Å². The Morgan fingerprint density at radius 1 is 0.931 bits per heavy atom. The molecule has 0 aliphatic rings. The zero-order chi connectivity index (χ0) is 22.0. The van der Waals surface area contributed by atoms with Crippen LogP contribution in [-0.4, -0.2) is 76.7 Å². The van der Waals surface area contributed by atoms with E-state index in [1.807, 2.05) is 27.2 Å². The SMILES string of the molecule is C=CCCCCCCCCCCOCC(COP(=O)(O)OCC[N+](C)(C)C)OC. The van der Waals surface area contributed by atoms with E-state index in [1.165, 1.54) is 45.6 Å². The maximum absolute atomic E-state index is 11.9. The Hall–Kier alpha value is -0.270. The number of methoxy groups -OCH3 is 1. The topological polar surface area (TPSA) is 74.2 Å². The molecule has 0 fully saturated rings. The van der Waals surface area contributed by atoms with Crippen LogP contribution in [0.4, 0.5) is 0 Å². The van der Waals surface area contributed by atoms with Gasteiger partial charge in [0.2, 0.25) is 0 Å². The Morgan fingerprint density at radius 2 is 1.52 bits per heavy atom. The first-order valence-electron chi connectivity index (χ1n) is 10.8. The van der Waals surface area contributed by atoms with Gasteiger partial charge in [-0.2, -0.15) is 0 Å². The van der Waals surface area contributed by atoms with E-state index in [4.69, 9.17) is 18.5 Å². The summed E-state index contributed by atoms with van der Waals surface area (Å²) >= 11 is 0. The number of phosphoric ester groups is 1. The van der Waals surface area contributed by atoms with Gasteiger partial charge in [0.15, 0.2) is 0 Å². The Balaban J connectivity index is 3.66. The summed E-state index contributed by atoms with van der Waals surface area (Å²) in [6.45, 7) is 5.46. The van der Waals surface area contributed by atoms with Crippen molar-refractivity contribution < 1.29 is 32.5 Å². The zero-order valence-corrected chi connectivity index (χ0v) is 20.0. The first-order chi connectivity index (χ1) is 13.7. The van der Waals surface area contributed by atoms with Gasteiger partial charge in [-0.3, -0.25) is 9.05 Å². The number of hydrogen-bond donors (Lipinski definition) is 1. The highest BCUT2D eigenvalue weighted by atomic mass is 31.2. The molecule has 0 radical (unpaired) electrons. The minimum absolute atomic E-state index is 0.0412. The first kappa shape index (κ1) is 28.7. The van der Waals surface area contributed by atoms with E-state index >= 15 is 0 Å². The second-order valence-electron chi connectivity index (χ2n) is 8.45. The Bertz CT molecular complexity index is 441. The molecule has 0 saturated carbocycles. The van der Waals surface area contributed by atoms with Crippen molar-refractivity contribution in [3.8, 4) is 0 Å². The van der Waals surface area contributed by atoms with Crippen LogP contribution >= 0.6 is 7.82 Å². The van der Waals surface area contributed by atoms with Gasteiger partial charge in [-0.15, -0.1) is 6.58 Å². The molecule has 0 heterocycles. The molecule has 0 aromatic carbocycles. The Kier molecular flexibility index (Phi) is 17.3. The predicted octanol–water partition coefficient (Wildman–Crippen LogP) is 4.55. The van der Waals surface area contributed by atoms with Crippen LogP contribution in [0.5, 0.6) is 0 Å². The molecular formula is C21H45NO6P+. The maximum Gasteiger partial charge on any atom is 0.472 e. The largest absolute Gasteiger partial charge is 0.472 e. The molecule has 8 heteroatoms. The van der Waals surface area contributed by atoms with Gasteiger partial charge in [-0.05, 0) is 19.3 Å². The number of likely N-dealkylation sites (N-methyl/N-ethyl adjacent to an activating group) is 1. The molecule has 0 aromatic heterocycles. The highest BCUT2D eigenvalue weighted by Gasteiger charge is 2.24. The molecule has 0 rings (SSSR count). The van der Waals surface area contributed by atoms with Crippen molar-refractivity contribution in [3.63, 3.8) is 0 Å². The molecule has 174 valence electrons. The van der Waals surface area contributed by atoms with Crippen LogP contribution in [0.1, 0.15) is 57.8 Å². The quantitative estimate of drug-likeness (QED) is 0.123. The number of allylic oxidation sites excluding steroid dienone is 1. The van der Waals surface area contributed by atoms with E-state index in [-0.39, 0.29) is 13.2 Å². The van der Waals surface area contributed by atoms with Crippen molar-refractivity contribution in [2.75, 3.05) is 61.2 Å². The predicted molar refractivity (Wildman–Crippen MR) is 118 cm³/mol. The summed E-state index contributed by atoms with van der Waals surface area (Å²) in [4.78, 5) is 9.73. The summed E-state index contributed by atoms with van der Waals surface area (Å²) in [6, 6.07) is 0. The van der Waals surface area contributed by atoms with Crippen molar-refractivity contribution in [1.29, 1.82) is 0 Å². The Morgan fingerprint density at radius 3 is 2.07 bits per heavy atom. The molecule has 0 spiro atoms. The average molecular weight is 439 g/mol. The summed E-state index contributed by atoms with van der Waals surface area (Å²) < 4.78 is 33.4. The smallest absolute Gasteiger partial charge is 0.379 e. The molecule has 2 atom stereocenters. The van der Waals surface area contributed by atoms with E-state index in [0.717, 1.165) is 19.3 Å². The number of quaternary nitrogens is 1. The summed E-state index contributed by atoms with van der Waals surface area (Å²) in [5.41, 5.74) is 0. The molecule has 0 aliphatic carbocycles. The van der Waals surface area contributed by atoms with Crippen molar-refractivity contribution in [3.05, 3.63) is 12.7 Å². The van der Waals surface area contributed by atoms with E-state index in [9.17, 15) is 9.46 Å². The van der Waals surface area contributed by atoms with Crippen LogP contribution < -0.4 is 0 Å². The highest BCUT2D eigenvalue weighted by molar-refractivity contribution is 7.47. The first-order valence-corrected chi connectivity index (χ1v) is 12.3. The summed E-state index contributed by atoms with van der Waals surface area (Å²) in [5, 5.41) is 0. The van der Waals surface area contributed by atoms with Crippen LogP contribution in [0.2, 0.25) is 0 Å². The fourth-order valence-corrected chi connectivity index (χ4v) is 3.34. The molecular weight excluding hydrogens is 393 g/mol. The minimum atomic E-state index is -4.07. The fraction of sp³-hybridized carbons (Fsp3) is 0.905. The molecule has 0 amide bonds. The normalized spacial score (nSPS) is 15.2. The molecule has 0 aromatic rings. The summed E-state index contributed by atoms with van der Waals surface area (Å²) in [6.07, 6.45) is 12.6. The van der Waals surface area contributed by atoms with Crippen LogP contribution in [0.3, 0.4) is 0 Å². The fourth-order valence-electron chi connectivity index (χ4n) is 2.60. The maximum atomic E-state index is 11.9. The number of hydrogen-bond acceptors (Lipinski definition) is 5. The zero-order valence-electron chi connectivity index (χ0n) is 19.1. The van der Waals surface area contributed by atoms with E-state index < -0.39 is 13.9 Å². The number of nitrogens with zero attached hydrogens (tertiary/aromatic N) is 1. The van der Waals surface area contributed by atoms with Crippen molar-refractivity contribution in [1.82, 2.24) is 0 Å². The minimum Gasteiger partial charge on any atom is -0.379 e. The van der Waals surface area contributed by atoms with Gasteiger partial charge in [0.25, 0.3) is 0 Å². The molecule has 0 saturated heterocycles. The molecule has 0 aliphatic heterocycles. The third-order valence-corrected chi connectivity index (χ3v) is 5.51. The van der Waals surface area contributed by atoms with Gasteiger partial charge in [0.1, 0.15) is 19.3 Å². The molecule has 0 bridgehead atoms. The lowest BCUT2D eigenvalue weighted by atomic mass is 10.1. The third kappa shape index (κ3) is 20.8. The molecule has 1 N–H and O–H groups in total. The van der Waals surface area contributed by atoms with E-state index in [1.54, 1.807) is 0 Å². The lowest BCUT2D eigenvalue weighted by Gasteiger charge is -2.24. The van der Waals surface area contributed by atoms with Gasteiger partial charge in [0, 0.05) is 13.7 Å². The van der Waals surface area contributed by atoms with Gasteiger partial charge in [-0.25, -0.2) is 4.57 Å².